The van der Waals surface area contributed by atoms with Gasteiger partial charge in [-0.05, 0) is 20.3 Å². The topological polar surface area (TPSA) is 83.9 Å². The molecule has 6 nitrogen and oxygen atoms in total. The van der Waals surface area contributed by atoms with Crippen molar-refractivity contribution in [3.8, 4) is 0 Å². The lowest BCUT2D eigenvalue weighted by molar-refractivity contribution is -0.228. The van der Waals surface area contributed by atoms with Crippen molar-refractivity contribution in [2.24, 2.45) is 5.92 Å². The SMILES string of the molecule is CCC1C(=O)N(OS(=O)(=O)O)C1(C)C. The van der Waals surface area contributed by atoms with E-state index in [-0.39, 0.29) is 5.92 Å². The van der Waals surface area contributed by atoms with Crippen LogP contribution in [0.2, 0.25) is 0 Å². The lowest BCUT2D eigenvalue weighted by atomic mass is 9.76. The molecule has 0 saturated carbocycles. The molecule has 1 unspecified atom stereocenters. The number of nitrogens with zero attached hydrogens (tertiary/aromatic N) is 1. The number of β-lactam (4-membered cyclic amide) rings is 1. The third-order valence-corrected chi connectivity index (χ3v) is 2.79. The van der Waals surface area contributed by atoms with E-state index in [0.29, 0.717) is 11.5 Å². The molecule has 0 aliphatic carbocycles. The predicted octanol–water partition coefficient (Wildman–Crippen LogP) is 0.368. The number of carbonyl (C=O) groups is 1. The van der Waals surface area contributed by atoms with Gasteiger partial charge in [0, 0.05) is 0 Å². The van der Waals surface area contributed by atoms with E-state index in [4.69, 9.17) is 4.55 Å². The maximum Gasteiger partial charge on any atom is 0.418 e. The summed E-state index contributed by atoms with van der Waals surface area (Å²) in [6.07, 6.45) is 0.608. The largest absolute Gasteiger partial charge is 0.418 e. The Kier molecular flexibility index (Phi) is 2.59. The van der Waals surface area contributed by atoms with Crippen LogP contribution in [-0.2, 0) is 19.5 Å². The van der Waals surface area contributed by atoms with Crippen LogP contribution in [0.1, 0.15) is 27.2 Å². The monoisotopic (exact) mass is 223 g/mol. The van der Waals surface area contributed by atoms with Crippen LogP contribution in [0.4, 0.5) is 0 Å². The molecule has 7 heteroatoms. The Morgan fingerprint density at radius 3 is 2.36 bits per heavy atom. The van der Waals surface area contributed by atoms with E-state index in [1.54, 1.807) is 13.8 Å². The van der Waals surface area contributed by atoms with Gasteiger partial charge in [0.05, 0.1) is 11.5 Å². The number of amides is 1. The van der Waals surface area contributed by atoms with Crippen LogP contribution < -0.4 is 0 Å². The maximum atomic E-state index is 11.3. The van der Waals surface area contributed by atoms with Gasteiger partial charge >= 0.3 is 10.4 Å². The fourth-order valence-corrected chi connectivity index (χ4v) is 2.16. The van der Waals surface area contributed by atoms with Gasteiger partial charge in [0.25, 0.3) is 5.91 Å². The molecule has 0 bridgehead atoms. The summed E-state index contributed by atoms with van der Waals surface area (Å²) < 4.78 is 33.4. The number of hydrogen-bond donors (Lipinski definition) is 1. The average molecular weight is 223 g/mol. The molecule has 1 saturated heterocycles. The third kappa shape index (κ3) is 1.75. The first kappa shape index (κ1) is 11.4. The number of carbonyl (C=O) groups excluding carboxylic acids is 1. The summed E-state index contributed by atoms with van der Waals surface area (Å²) in [5.74, 6) is -0.681. The minimum atomic E-state index is -4.61. The van der Waals surface area contributed by atoms with Gasteiger partial charge in [-0.25, -0.2) is 0 Å². The van der Waals surface area contributed by atoms with Crippen molar-refractivity contribution in [2.45, 2.75) is 32.7 Å². The van der Waals surface area contributed by atoms with Crippen LogP contribution >= 0.6 is 0 Å². The minimum Gasteiger partial charge on any atom is -0.272 e. The first-order valence-corrected chi connectivity index (χ1v) is 5.57. The standard InChI is InChI=1S/C7H13NO5S/c1-4-5-6(9)8(7(5,2)3)13-14(10,11)12/h5H,4H2,1-3H3,(H,10,11,12). The summed E-state index contributed by atoms with van der Waals surface area (Å²) in [4.78, 5) is 11.3. The van der Waals surface area contributed by atoms with E-state index in [1.165, 1.54) is 0 Å². The van der Waals surface area contributed by atoms with Gasteiger partial charge in [0.15, 0.2) is 0 Å². The highest BCUT2D eigenvalue weighted by Gasteiger charge is 2.55. The smallest absolute Gasteiger partial charge is 0.272 e. The molecule has 1 N–H and O–H groups in total. The minimum absolute atomic E-state index is 0.260. The van der Waals surface area contributed by atoms with Gasteiger partial charge in [-0.3, -0.25) is 9.35 Å². The van der Waals surface area contributed by atoms with Crippen LogP contribution in [0.5, 0.6) is 0 Å². The molecule has 1 rings (SSSR count). The van der Waals surface area contributed by atoms with E-state index >= 15 is 0 Å². The van der Waals surface area contributed by atoms with E-state index in [1.807, 2.05) is 6.92 Å². The predicted molar refractivity (Wildman–Crippen MR) is 47.3 cm³/mol. The van der Waals surface area contributed by atoms with Crippen molar-refractivity contribution in [1.82, 2.24) is 5.06 Å². The summed E-state index contributed by atoms with van der Waals surface area (Å²) in [6.45, 7) is 5.18. The van der Waals surface area contributed by atoms with Crippen LogP contribution in [-0.4, -0.2) is 29.5 Å². The fourth-order valence-electron chi connectivity index (χ4n) is 1.70. The van der Waals surface area contributed by atoms with Gasteiger partial charge in [-0.2, -0.15) is 13.5 Å². The highest BCUT2D eigenvalue weighted by atomic mass is 32.3. The van der Waals surface area contributed by atoms with Crippen molar-refractivity contribution in [3.63, 3.8) is 0 Å². The average Bonchev–Trinajstić information content (AvgIpc) is 1.99. The molecule has 82 valence electrons. The van der Waals surface area contributed by atoms with Crippen molar-refractivity contribution < 1.29 is 22.0 Å². The van der Waals surface area contributed by atoms with Crippen molar-refractivity contribution in [3.05, 3.63) is 0 Å². The molecule has 14 heavy (non-hydrogen) atoms. The zero-order valence-corrected chi connectivity index (χ0v) is 9.04. The van der Waals surface area contributed by atoms with Crippen LogP contribution in [0.15, 0.2) is 0 Å². The summed E-state index contributed by atoms with van der Waals surface area (Å²) in [7, 11) is -4.61. The zero-order valence-electron chi connectivity index (χ0n) is 8.22. The molecule has 0 radical (unpaired) electrons. The third-order valence-electron chi connectivity index (χ3n) is 2.45. The lowest BCUT2D eigenvalue weighted by Crippen LogP contribution is -2.67. The van der Waals surface area contributed by atoms with E-state index in [9.17, 15) is 13.2 Å². The van der Waals surface area contributed by atoms with Crippen LogP contribution in [0, 0.1) is 5.92 Å². The Labute approximate surface area is 82.7 Å². The number of hydrogen-bond acceptors (Lipinski definition) is 4. The maximum absolute atomic E-state index is 11.3. The van der Waals surface area contributed by atoms with Crippen LogP contribution in [0.25, 0.3) is 0 Å². The molecule has 0 spiro atoms. The molecule has 1 heterocycles. The molecule has 0 aromatic rings. The highest BCUT2D eigenvalue weighted by molar-refractivity contribution is 7.80. The molecular weight excluding hydrogens is 210 g/mol. The summed E-state index contributed by atoms with van der Waals surface area (Å²) in [6, 6.07) is 0. The summed E-state index contributed by atoms with van der Waals surface area (Å²) in [5, 5.41) is 0.691. The highest BCUT2D eigenvalue weighted by Crippen LogP contribution is 2.39. The Balaban J connectivity index is 2.80. The van der Waals surface area contributed by atoms with Gasteiger partial charge in [0.2, 0.25) is 0 Å². The molecule has 1 aliphatic heterocycles. The van der Waals surface area contributed by atoms with Gasteiger partial charge in [-0.15, -0.1) is 4.28 Å². The molecule has 1 amide bonds. The van der Waals surface area contributed by atoms with E-state index < -0.39 is 21.8 Å². The second-order valence-electron chi connectivity index (χ2n) is 3.75. The zero-order chi connectivity index (χ0) is 11.1. The second kappa shape index (κ2) is 3.18. The molecule has 1 aliphatic rings. The van der Waals surface area contributed by atoms with Crippen molar-refractivity contribution in [2.75, 3.05) is 0 Å². The Morgan fingerprint density at radius 2 is 2.07 bits per heavy atom. The normalized spacial score (nSPS) is 26.1. The quantitative estimate of drug-likeness (QED) is 0.552. The van der Waals surface area contributed by atoms with Crippen molar-refractivity contribution >= 4 is 16.3 Å². The molecular formula is C7H13NO5S. The first-order valence-electron chi connectivity index (χ1n) is 4.21. The first-order chi connectivity index (χ1) is 6.20. The molecule has 0 aromatic carbocycles. The summed E-state index contributed by atoms with van der Waals surface area (Å²) >= 11 is 0. The number of rotatable bonds is 3. The van der Waals surface area contributed by atoms with Gasteiger partial charge in [0.1, 0.15) is 0 Å². The summed E-state index contributed by atoms with van der Waals surface area (Å²) in [5.41, 5.74) is -0.693. The van der Waals surface area contributed by atoms with Gasteiger partial charge < -0.3 is 0 Å². The molecule has 1 atom stereocenters. The Morgan fingerprint density at radius 1 is 1.57 bits per heavy atom. The second-order valence-corrected chi connectivity index (χ2v) is 4.75. The fraction of sp³-hybridized carbons (Fsp3) is 0.857. The Bertz CT molecular complexity index is 347. The van der Waals surface area contributed by atoms with Crippen molar-refractivity contribution in [1.29, 1.82) is 0 Å². The number of hydroxylamine groups is 2. The molecule has 1 fully saturated rings. The van der Waals surface area contributed by atoms with Crippen LogP contribution in [0.3, 0.4) is 0 Å². The van der Waals surface area contributed by atoms with E-state index in [0.717, 1.165) is 0 Å². The van der Waals surface area contributed by atoms with Gasteiger partial charge in [-0.1, -0.05) is 6.92 Å². The lowest BCUT2D eigenvalue weighted by Gasteiger charge is -2.50. The molecule has 0 aromatic heterocycles. The Hall–Kier alpha value is -0.660. The van der Waals surface area contributed by atoms with E-state index in [2.05, 4.69) is 4.28 Å².